The highest BCUT2D eigenvalue weighted by Crippen LogP contribution is 2.30. The van der Waals surface area contributed by atoms with E-state index in [1.54, 1.807) is 30.3 Å². The molecular formula is C21H20FNO5S. The number of hydrogen-bond donors (Lipinski definition) is 1. The maximum atomic E-state index is 13.6. The molecule has 29 heavy (non-hydrogen) atoms. The van der Waals surface area contributed by atoms with Gasteiger partial charge >= 0.3 is 0 Å². The number of rotatable bonds is 7. The lowest BCUT2D eigenvalue weighted by Gasteiger charge is -2.17. The van der Waals surface area contributed by atoms with Crippen LogP contribution in [0.4, 0.5) is 4.39 Å². The van der Waals surface area contributed by atoms with E-state index in [1.165, 1.54) is 38.5 Å². The van der Waals surface area contributed by atoms with Gasteiger partial charge in [-0.25, -0.2) is 12.8 Å². The lowest BCUT2D eigenvalue weighted by Crippen LogP contribution is -2.31. The van der Waals surface area contributed by atoms with Crippen LogP contribution in [0.25, 0.3) is 0 Å². The van der Waals surface area contributed by atoms with Gasteiger partial charge in [0.1, 0.15) is 22.6 Å². The highest BCUT2D eigenvalue weighted by atomic mass is 32.2. The first kappa shape index (κ1) is 20.6. The molecule has 1 unspecified atom stereocenters. The number of methoxy groups -OCH3 is 1. The Balaban J connectivity index is 1.86. The van der Waals surface area contributed by atoms with Crippen molar-refractivity contribution in [2.45, 2.75) is 17.1 Å². The summed E-state index contributed by atoms with van der Waals surface area (Å²) in [5.74, 6) is -0.146. The number of carbonyl (C=O) groups excluding carboxylic acids is 1. The van der Waals surface area contributed by atoms with Gasteiger partial charge in [0.15, 0.2) is 9.84 Å². The maximum absolute atomic E-state index is 13.6. The minimum absolute atomic E-state index is 0.0449. The van der Waals surface area contributed by atoms with Gasteiger partial charge in [0.2, 0.25) is 0 Å². The Hall–Kier alpha value is -3.13. The third kappa shape index (κ3) is 4.48. The standard InChI is InChI=1S/C21H20FNO5S/c1-14-12-17(9-10-18(14)22)29(25,26)20(19-4-3-11-28-19)13-23-21(24)15-5-7-16(27-2)8-6-15/h3-12,20H,13H2,1-2H3,(H,23,24). The van der Waals surface area contributed by atoms with Gasteiger partial charge in [-0.15, -0.1) is 0 Å². The van der Waals surface area contributed by atoms with Gasteiger partial charge < -0.3 is 14.5 Å². The van der Waals surface area contributed by atoms with E-state index in [2.05, 4.69) is 5.32 Å². The Morgan fingerprint density at radius 3 is 2.48 bits per heavy atom. The van der Waals surface area contributed by atoms with E-state index in [1.807, 2.05) is 0 Å². The van der Waals surface area contributed by atoms with Crippen molar-refractivity contribution in [1.82, 2.24) is 5.32 Å². The highest BCUT2D eigenvalue weighted by Gasteiger charge is 2.32. The molecule has 0 aliphatic heterocycles. The van der Waals surface area contributed by atoms with Crippen molar-refractivity contribution >= 4 is 15.7 Å². The number of halogens is 1. The van der Waals surface area contributed by atoms with Gasteiger partial charge in [0, 0.05) is 12.1 Å². The van der Waals surface area contributed by atoms with Crippen LogP contribution in [0, 0.1) is 12.7 Å². The minimum Gasteiger partial charge on any atom is -0.497 e. The number of nitrogens with one attached hydrogen (secondary N) is 1. The van der Waals surface area contributed by atoms with Gasteiger partial charge in [-0.2, -0.15) is 0 Å². The normalized spacial score (nSPS) is 12.4. The zero-order chi connectivity index (χ0) is 21.0. The molecule has 1 aromatic heterocycles. The molecule has 0 bridgehead atoms. The average Bonchev–Trinajstić information content (AvgIpc) is 3.24. The Labute approximate surface area is 168 Å². The number of carbonyl (C=O) groups is 1. The van der Waals surface area contributed by atoms with Crippen LogP contribution in [0.2, 0.25) is 0 Å². The monoisotopic (exact) mass is 417 g/mol. The fraction of sp³-hybridized carbons (Fsp3) is 0.190. The number of hydrogen-bond acceptors (Lipinski definition) is 5. The van der Waals surface area contributed by atoms with Crippen LogP contribution >= 0.6 is 0 Å². The summed E-state index contributed by atoms with van der Waals surface area (Å²) in [6.45, 7) is 1.28. The molecule has 6 nitrogen and oxygen atoms in total. The summed E-state index contributed by atoms with van der Waals surface area (Å²) in [6.07, 6.45) is 1.36. The molecule has 1 heterocycles. The van der Waals surface area contributed by atoms with Crippen LogP contribution in [0.15, 0.2) is 70.2 Å². The van der Waals surface area contributed by atoms with Crippen molar-refractivity contribution in [3.63, 3.8) is 0 Å². The van der Waals surface area contributed by atoms with Crippen molar-refractivity contribution in [1.29, 1.82) is 0 Å². The van der Waals surface area contributed by atoms with Crippen LogP contribution in [0.5, 0.6) is 5.75 Å². The molecule has 0 spiro atoms. The van der Waals surface area contributed by atoms with Crippen molar-refractivity contribution < 1.29 is 26.8 Å². The van der Waals surface area contributed by atoms with E-state index in [0.717, 1.165) is 6.07 Å². The topological polar surface area (TPSA) is 85.6 Å². The zero-order valence-electron chi connectivity index (χ0n) is 15.9. The molecule has 0 fully saturated rings. The van der Waals surface area contributed by atoms with E-state index in [-0.39, 0.29) is 22.8 Å². The summed E-state index contributed by atoms with van der Waals surface area (Å²) in [4.78, 5) is 12.4. The molecule has 0 saturated carbocycles. The molecule has 1 N–H and O–H groups in total. The van der Waals surface area contributed by atoms with Crippen LogP contribution < -0.4 is 10.1 Å². The molecule has 152 valence electrons. The largest absolute Gasteiger partial charge is 0.497 e. The molecule has 3 rings (SSSR count). The lowest BCUT2D eigenvalue weighted by molar-refractivity contribution is 0.0953. The number of aryl methyl sites for hydroxylation is 1. The van der Waals surface area contributed by atoms with Crippen LogP contribution in [0.3, 0.4) is 0 Å². The molecule has 3 aromatic rings. The predicted molar refractivity (Wildman–Crippen MR) is 105 cm³/mol. The minimum atomic E-state index is -3.95. The molecule has 0 aliphatic rings. The first-order chi connectivity index (χ1) is 13.8. The first-order valence-electron chi connectivity index (χ1n) is 8.78. The summed E-state index contributed by atoms with van der Waals surface area (Å²) in [5, 5.41) is 1.47. The second kappa shape index (κ2) is 8.48. The van der Waals surface area contributed by atoms with Gasteiger partial charge in [-0.3, -0.25) is 4.79 Å². The number of ether oxygens (including phenoxy) is 1. The second-order valence-corrected chi connectivity index (χ2v) is 8.53. The van der Waals surface area contributed by atoms with E-state index >= 15 is 0 Å². The van der Waals surface area contributed by atoms with Crippen LogP contribution in [0.1, 0.15) is 26.9 Å². The quantitative estimate of drug-likeness (QED) is 0.593. The predicted octanol–water partition coefficient (Wildman–Crippen LogP) is 3.68. The Morgan fingerprint density at radius 1 is 1.17 bits per heavy atom. The molecule has 0 saturated heterocycles. The molecule has 8 heteroatoms. The maximum Gasteiger partial charge on any atom is 0.251 e. The van der Waals surface area contributed by atoms with Gasteiger partial charge in [0.05, 0.1) is 18.3 Å². The molecule has 0 radical (unpaired) electrons. The summed E-state index contributed by atoms with van der Waals surface area (Å²) in [6, 6.07) is 13.1. The molecule has 1 amide bonds. The van der Waals surface area contributed by atoms with Crippen molar-refractivity contribution in [3.8, 4) is 5.75 Å². The SMILES string of the molecule is COc1ccc(C(=O)NCC(c2ccco2)S(=O)(=O)c2ccc(F)c(C)c2)cc1. The number of furan rings is 1. The van der Waals surface area contributed by atoms with Gasteiger partial charge in [0.25, 0.3) is 5.91 Å². The Bertz CT molecular complexity index is 1090. The fourth-order valence-corrected chi connectivity index (χ4v) is 4.50. The molecular weight excluding hydrogens is 397 g/mol. The third-order valence-electron chi connectivity index (χ3n) is 4.49. The van der Waals surface area contributed by atoms with E-state index < -0.39 is 26.8 Å². The van der Waals surface area contributed by atoms with Gasteiger partial charge in [-0.1, -0.05) is 0 Å². The number of benzene rings is 2. The van der Waals surface area contributed by atoms with Crippen molar-refractivity contribution in [3.05, 3.63) is 83.6 Å². The van der Waals surface area contributed by atoms with Gasteiger partial charge in [-0.05, 0) is 67.1 Å². The number of sulfone groups is 1. The van der Waals surface area contributed by atoms with Crippen molar-refractivity contribution in [2.75, 3.05) is 13.7 Å². The Kier molecular flexibility index (Phi) is 6.03. The van der Waals surface area contributed by atoms with Crippen LogP contribution in [-0.4, -0.2) is 28.0 Å². The summed E-state index contributed by atoms with van der Waals surface area (Å²) >= 11 is 0. The smallest absolute Gasteiger partial charge is 0.251 e. The summed E-state index contributed by atoms with van der Waals surface area (Å²) in [7, 11) is -2.43. The lowest BCUT2D eigenvalue weighted by atomic mass is 10.2. The summed E-state index contributed by atoms with van der Waals surface area (Å²) in [5.41, 5.74) is 0.575. The average molecular weight is 417 g/mol. The fourth-order valence-electron chi connectivity index (χ4n) is 2.83. The number of amides is 1. The van der Waals surface area contributed by atoms with E-state index in [9.17, 15) is 17.6 Å². The second-order valence-electron chi connectivity index (χ2n) is 6.40. The van der Waals surface area contributed by atoms with Crippen molar-refractivity contribution in [2.24, 2.45) is 0 Å². The summed E-state index contributed by atoms with van der Waals surface area (Å²) < 4.78 is 50.3. The highest BCUT2D eigenvalue weighted by molar-refractivity contribution is 7.91. The molecule has 2 aromatic carbocycles. The molecule has 0 aliphatic carbocycles. The van der Waals surface area contributed by atoms with Crippen LogP contribution in [-0.2, 0) is 9.84 Å². The molecule has 1 atom stereocenters. The first-order valence-corrected chi connectivity index (χ1v) is 10.3. The van der Waals surface area contributed by atoms with E-state index in [4.69, 9.17) is 9.15 Å². The van der Waals surface area contributed by atoms with E-state index in [0.29, 0.717) is 11.3 Å². The zero-order valence-corrected chi connectivity index (χ0v) is 16.7. The third-order valence-corrected chi connectivity index (χ3v) is 6.55. The Morgan fingerprint density at radius 2 is 1.90 bits per heavy atom.